The van der Waals surface area contributed by atoms with Crippen LogP contribution < -0.4 is 5.32 Å². The lowest BCUT2D eigenvalue weighted by Crippen LogP contribution is -2.32. The Morgan fingerprint density at radius 3 is 2.20 bits per heavy atom. The van der Waals surface area contributed by atoms with E-state index in [1.807, 2.05) is 19.1 Å². The third-order valence-corrected chi connectivity index (χ3v) is 6.91. The molecule has 0 aromatic heterocycles. The van der Waals surface area contributed by atoms with Gasteiger partial charge in [-0.3, -0.25) is 4.79 Å². The fourth-order valence-electron chi connectivity index (χ4n) is 2.87. The summed E-state index contributed by atoms with van der Waals surface area (Å²) < 4.78 is 32.3. The first-order chi connectivity index (χ1) is 14.1. The van der Waals surface area contributed by atoms with Crippen LogP contribution in [0.4, 0.5) is 5.69 Å². The molecule has 1 amide bonds. The van der Waals surface area contributed by atoms with Crippen LogP contribution in [0.1, 0.15) is 42.3 Å². The number of anilines is 1. The fraction of sp³-hybridized carbons (Fsp3) is 0.364. The number of hydrogen-bond donors (Lipinski definition) is 1. The largest absolute Gasteiger partial charge is 0.449 e. The van der Waals surface area contributed by atoms with E-state index in [1.54, 1.807) is 39.0 Å². The standard InChI is InChI=1S/C22H28N2O5S/c1-6-24(7-2)30(27,28)20-14-18(11-10-16(20)4)22(26)29-17(5)21(25)23-19-12-8-15(3)9-13-19/h8-14,17H,6-7H2,1-5H3,(H,23,25)/t17-/m0/s1. The number of nitrogens with one attached hydrogen (secondary N) is 1. The molecule has 2 aromatic rings. The van der Waals surface area contributed by atoms with E-state index in [0.717, 1.165) is 5.56 Å². The van der Waals surface area contributed by atoms with Crippen molar-refractivity contribution in [3.05, 3.63) is 59.2 Å². The lowest BCUT2D eigenvalue weighted by molar-refractivity contribution is -0.123. The minimum absolute atomic E-state index is 0.0532. The molecule has 0 saturated carbocycles. The molecular weight excluding hydrogens is 404 g/mol. The van der Waals surface area contributed by atoms with Crippen LogP contribution in [0.3, 0.4) is 0 Å². The average molecular weight is 433 g/mol. The van der Waals surface area contributed by atoms with Gasteiger partial charge in [-0.2, -0.15) is 4.31 Å². The summed E-state index contributed by atoms with van der Waals surface area (Å²) in [5.41, 5.74) is 2.25. The molecule has 0 heterocycles. The summed E-state index contributed by atoms with van der Waals surface area (Å²) in [6.07, 6.45) is -1.05. The maximum Gasteiger partial charge on any atom is 0.338 e. The van der Waals surface area contributed by atoms with Gasteiger partial charge >= 0.3 is 5.97 Å². The quantitative estimate of drug-likeness (QED) is 0.645. The number of amides is 1. The van der Waals surface area contributed by atoms with Gasteiger partial charge in [0.05, 0.1) is 10.5 Å². The summed E-state index contributed by atoms with van der Waals surface area (Å²) in [4.78, 5) is 24.9. The number of esters is 1. The topological polar surface area (TPSA) is 92.8 Å². The van der Waals surface area contributed by atoms with Crippen molar-refractivity contribution in [3.8, 4) is 0 Å². The molecule has 0 aliphatic carbocycles. The van der Waals surface area contributed by atoms with Crippen LogP contribution in [0.5, 0.6) is 0 Å². The van der Waals surface area contributed by atoms with E-state index in [4.69, 9.17) is 4.74 Å². The zero-order valence-corrected chi connectivity index (χ0v) is 18.7. The molecule has 8 heteroatoms. The van der Waals surface area contributed by atoms with Gasteiger partial charge in [0, 0.05) is 18.8 Å². The zero-order chi connectivity index (χ0) is 22.5. The van der Waals surface area contributed by atoms with Gasteiger partial charge in [0.25, 0.3) is 5.91 Å². The monoisotopic (exact) mass is 432 g/mol. The number of aryl methyl sites for hydroxylation is 2. The van der Waals surface area contributed by atoms with Crippen molar-refractivity contribution < 1.29 is 22.7 Å². The molecule has 0 spiro atoms. The Balaban J connectivity index is 2.16. The Bertz CT molecular complexity index is 1010. The Morgan fingerprint density at radius 2 is 1.63 bits per heavy atom. The van der Waals surface area contributed by atoms with Crippen LogP contribution in [-0.2, 0) is 19.6 Å². The van der Waals surface area contributed by atoms with E-state index < -0.39 is 28.0 Å². The number of rotatable bonds is 8. The summed E-state index contributed by atoms with van der Waals surface area (Å²) >= 11 is 0. The van der Waals surface area contributed by atoms with Crippen LogP contribution in [0, 0.1) is 13.8 Å². The zero-order valence-electron chi connectivity index (χ0n) is 17.9. The highest BCUT2D eigenvalue weighted by Crippen LogP contribution is 2.22. The van der Waals surface area contributed by atoms with Gasteiger partial charge in [-0.15, -0.1) is 0 Å². The second kappa shape index (κ2) is 9.86. The van der Waals surface area contributed by atoms with Crippen molar-refractivity contribution in [2.45, 2.75) is 45.6 Å². The minimum Gasteiger partial charge on any atom is -0.449 e. The first-order valence-electron chi connectivity index (χ1n) is 9.79. The van der Waals surface area contributed by atoms with Crippen LogP contribution in [0.15, 0.2) is 47.4 Å². The SMILES string of the molecule is CCN(CC)S(=O)(=O)c1cc(C(=O)O[C@@H](C)C(=O)Nc2ccc(C)cc2)ccc1C. The Hall–Kier alpha value is -2.71. The van der Waals surface area contributed by atoms with Crippen molar-refractivity contribution in [2.24, 2.45) is 0 Å². The third-order valence-electron chi connectivity index (χ3n) is 4.72. The summed E-state index contributed by atoms with van der Waals surface area (Å²) in [5, 5.41) is 2.68. The van der Waals surface area contributed by atoms with Crippen LogP contribution in [-0.4, -0.2) is 43.8 Å². The maximum absolute atomic E-state index is 12.9. The van der Waals surface area contributed by atoms with Crippen molar-refractivity contribution in [3.63, 3.8) is 0 Å². The highest BCUT2D eigenvalue weighted by Gasteiger charge is 2.26. The van der Waals surface area contributed by atoms with Crippen LogP contribution in [0.2, 0.25) is 0 Å². The second-order valence-corrected chi connectivity index (χ2v) is 8.88. The molecule has 1 N–H and O–H groups in total. The van der Waals surface area contributed by atoms with Crippen molar-refractivity contribution in [1.29, 1.82) is 0 Å². The Labute approximate surface area is 178 Å². The number of benzene rings is 2. The molecule has 0 bridgehead atoms. The number of carbonyl (C=O) groups excluding carboxylic acids is 2. The molecule has 2 aromatic carbocycles. The first-order valence-corrected chi connectivity index (χ1v) is 11.2. The number of ether oxygens (including phenoxy) is 1. The molecule has 7 nitrogen and oxygen atoms in total. The van der Waals surface area contributed by atoms with Gasteiger partial charge in [0.15, 0.2) is 6.10 Å². The number of carbonyl (C=O) groups is 2. The van der Waals surface area contributed by atoms with Gasteiger partial charge in [0.2, 0.25) is 10.0 Å². The molecule has 0 aliphatic rings. The highest BCUT2D eigenvalue weighted by atomic mass is 32.2. The molecule has 0 aliphatic heterocycles. The van der Waals surface area contributed by atoms with E-state index in [9.17, 15) is 18.0 Å². The summed E-state index contributed by atoms with van der Waals surface area (Å²) in [7, 11) is -3.73. The molecule has 30 heavy (non-hydrogen) atoms. The number of nitrogens with zero attached hydrogens (tertiary/aromatic N) is 1. The molecule has 0 radical (unpaired) electrons. The Morgan fingerprint density at radius 1 is 1.03 bits per heavy atom. The summed E-state index contributed by atoms with van der Waals surface area (Å²) in [5.74, 6) is -1.24. The fourth-order valence-corrected chi connectivity index (χ4v) is 4.58. The van der Waals surface area contributed by atoms with Gasteiger partial charge in [0.1, 0.15) is 0 Å². The van der Waals surface area contributed by atoms with Gasteiger partial charge in [-0.1, -0.05) is 37.6 Å². The highest BCUT2D eigenvalue weighted by molar-refractivity contribution is 7.89. The minimum atomic E-state index is -3.73. The lowest BCUT2D eigenvalue weighted by atomic mass is 10.1. The maximum atomic E-state index is 12.9. The van der Waals surface area contributed by atoms with E-state index >= 15 is 0 Å². The number of hydrogen-bond acceptors (Lipinski definition) is 5. The predicted octanol–water partition coefficient (Wildman–Crippen LogP) is 3.52. The van der Waals surface area contributed by atoms with E-state index in [0.29, 0.717) is 24.3 Å². The molecule has 2 rings (SSSR count). The normalized spacial score (nSPS) is 12.5. The number of sulfonamides is 1. The van der Waals surface area contributed by atoms with E-state index in [1.165, 1.54) is 23.4 Å². The van der Waals surface area contributed by atoms with E-state index in [2.05, 4.69) is 5.32 Å². The molecule has 0 fully saturated rings. The van der Waals surface area contributed by atoms with Crippen molar-refractivity contribution in [1.82, 2.24) is 4.31 Å². The first kappa shape index (κ1) is 23.6. The van der Waals surface area contributed by atoms with Crippen LogP contribution >= 0.6 is 0 Å². The molecule has 1 atom stereocenters. The van der Waals surface area contributed by atoms with Crippen molar-refractivity contribution >= 4 is 27.6 Å². The van der Waals surface area contributed by atoms with Crippen molar-refractivity contribution in [2.75, 3.05) is 18.4 Å². The van der Waals surface area contributed by atoms with Crippen LogP contribution in [0.25, 0.3) is 0 Å². The molecular formula is C22H28N2O5S. The summed E-state index contributed by atoms with van der Waals surface area (Å²) in [6.45, 7) is 9.22. The van der Waals surface area contributed by atoms with Gasteiger partial charge in [-0.05, 0) is 50.6 Å². The Kier molecular flexibility index (Phi) is 7.75. The van der Waals surface area contributed by atoms with Gasteiger partial charge in [-0.25, -0.2) is 13.2 Å². The second-order valence-electron chi connectivity index (χ2n) is 6.97. The lowest BCUT2D eigenvalue weighted by Gasteiger charge is -2.20. The third kappa shape index (κ3) is 5.46. The molecule has 0 saturated heterocycles. The molecule has 0 unspecified atom stereocenters. The van der Waals surface area contributed by atoms with E-state index in [-0.39, 0.29) is 10.5 Å². The summed E-state index contributed by atoms with van der Waals surface area (Å²) in [6, 6.07) is 11.6. The average Bonchev–Trinajstić information content (AvgIpc) is 2.70. The predicted molar refractivity (Wildman–Crippen MR) is 116 cm³/mol. The smallest absolute Gasteiger partial charge is 0.338 e. The van der Waals surface area contributed by atoms with Gasteiger partial charge < -0.3 is 10.1 Å². The molecule has 162 valence electrons.